The van der Waals surface area contributed by atoms with Crippen LogP contribution in [0.25, 0.3) is 0 Å². The van der Waals surface area contributed by atoms with Crippen molar-refractivity contribution in [3.05, 3.63) is 59.6 Å². The minimum atomic E-state index is -0.569. The van der Waals surface area contributed by atoms with E-state index in [9.17, 15) is 8.78 Å². The second-order valence-corrected chi connectivity index (χ2v) is 4.32. The lowest BCUT2D eigenvalue weighted by Gasteiger charge is -2.11. The zero-order chi connectivity index (χ0) is 13.0. The third kappa shape index (κ3) is 3.40. The van der Waals surface area contributed by atoms with Crippen LogP contribution < -0.4 is 5.73 Å². The van der Waals surface area contributed by atoms with E-state index in [1.54, 1.807) is 6.26 Å². The largest absolute Gasteiger partial charge is 0.469 e. The molecule has 0 aliphatic rings. The number of furan rings is 1. The highest BCUT2D eigenvalue weighted by molar-refractivity contribution is 5.19. The Kier molecular flexibility index (Phi) is 4.10. The van der Waals surface area contributed by atoms with Crippen molar-refractivity contribution < 1.29 is 13.2 Å². The number of benzene rings is 1. The van der Waals surface area contributed by atoms with Gasteiger partial charge in [-0.2, -0.15) is 0 Å². The Bertz CT molecular complexity index is 497. The molecule has 0 spiro atoms. The number of halogens is 2. The van der Waals surface area contributed by atoms with Crippen molar-refractivity contribution in [1.82, 2.24) is 0 Å². The topological polar surface area (TPSA) is 39.2 Å². The minimum Gasteiger partial charge on any atom is -0.469 e. The Morgan fingerprint density at radius 3 is 2.72 bits per heavy atom. The van der Waals surface area contributed by atoms with Crippen molar-refractivity contribution in [2.24, 2.45) is 5.73 Å². The van der Waals surface area contributed by atoms with Crippen LogP contribution >= 0.6 is 0 Å². The molecule has 0 bridgehead atoms. The summed E-state index contributed by atoms with van der Waals surface area (Å²) >= 11 is 0. The second-order valence-electron chi connectivity index (χ2n) is 4.32. The molecule has 1 atom stereocenters. The molecule has 0 saturated carbocycles. The first-order chi connectivity index (χ1) is 8.65. The molecular weight excluding hydrogens is 236 g/mol. The zero-order valence-corrected chi connectivity index (χ0v) is 9.90. The van der Waals surface area contributed by atoms with Gasteiger partial charge in [0.05, 0.1) is 6.26 Å². The molecule has 1 heterocycles. The molecule has 0 amide bonds. The van der Waals surface area contributed by atoms with Crippen LogP contribution in [0.2, 0.25) is 0 Å². The molecule has 2 aromatic rings. The van der Waals surface area contributed by atoms with Gasteiger partial charge in [-0.3, -0.25) is 0 Å². The molecule has 96 valence electrons. The maximum atomic E-state index is 13.4. The van der Waals surface area contributed by atoms with Gasteiger partial charge >= 0.3 is 0 Å². The highest BCUT2D eigenvalue weighted by Crippen LogP contribution is 2.13. The number of aryl methyl sites for hydroxylation is 1. The second kappa shape index (κ2) is 5.78. The fraction of sp³-hybridized carbons (Fsp3) is 0.286. The molecule has 18 heavy (non-hydrogen) atoms. The summed E-state index contributed by atoms with van der Waals surface area (Å²) in [6.07, 6.45) is 3.43. The quantitative estimate of drug-likeness (QED) is 0.887. The SMILES string of the molecule is NC(CCc1ccco1)Cc1ccc(F)cc1F. The molecule has 4 heteroatoms. The summed E-state index contributed by atoms with van der Waals surface area (Å²) in [5.74, 6) is -0.242. The van der Waals surface area contributed by atoms with Crippen molar-refractivity contribution in [3.8, 4) is 0 Å². The molecule has 1 unspecified atom stereocenters. The maximum Gasteiger partial charge on any atom is 0.129 e. The van der Waals surface area contributed by atoms with E-state index in [-0.39, 0.29) is 6.04 Å². The molecule has 0 aliphatic carbocycles. The van der Waals surface area contributed by atoms with Crippen molar-refractivity contribution in [2.45, 2.75) is 25.3 Å². The number of hydrogen-bond acceptors (Lipinski definition) is 2. The standard InChI is InChI=1S/C14H15F2NO/c15-11-4-3-10(14(16)9-11)8-12(17)5-6-13-2-1-7-18-13/h1-4,7,9,12H,5-6,8,17H2. The summed E-state index contributed by atoms with van der Waals surface area (Å²) in [4.78, 5) is 0. The van der Waals surface area contributed by atoms with Gasteiger partial charge in [0.25, 0.3) is 0 Å². The summed E-state index contributed by atoms with van der Waals surface area (Å²) in [5.41, 5.74) is 6.37. The molecule has 0 saturated heterocycles. The van der Waals surface area contributed by atoms with Gasteiger partial charge in [-0.25, -0.2) is 8.78 Å². The van der Waals surface area contributed by atoms with Crippen LogP contribution in [-0.4, -0.2) is 6.04 Å². The number of nitrogens with two attached hydrogens (primary N) is 1. The van der Waals surface area contributed by atoms with E-state index in [1.807, 2.05) is 12.1 Å². The fourth-order valence-corrected chi connectivity index (χ4v) is 1.85. The third-order valence-corrected chi connectivity index (χ3v) is 2.84. The first-order valence-electron chi connectivity index (χ1n) is 5.87. The Morgan fingerprint density at radius 2 is 2.06 bits per heavy atom. The molecule has 2 rings (SSSR count). The average molecular weight is 251 g/mol. The molecule has 0 fully saturated rings. The number of hydrogen-bond donors (Lipinski definition) is 1. The monoisotopic (exact) mass is 251 g/mol. The summed E-state index contributed by atoms with van der Waals surface area (Å²) < 4.78 is 31.3. The fourth-order valence-electron chi connectivity index (χ4n) is 1.85. The molecule has 0 aliphatic heterocycles. The van der Waals surface area contributed by atoms with E-state index >= 15 is 0 Å². The minimum absolute atomic E-state index is 0.171. The third-order valence-electron chi connectivity index (χ3n) is 2.84. The summed E-state index contributed by atoms with van der Waals surface area (Å²) in [6.45, 7) is 0. The van der Waals surface area contributed by atoms with E-state index in [0.29, 0.717) is 18.4 Å². The van der Waals surface area contributed by atoms with Gasteiger partial charge in [0.1, 0.15) is 17.4 Å². The lowest BCUT2D eigenvalue weighted by atomic mass is 10.0. The highest BCUT2D eigenvalue weighted by atomic mass is 19.1. The first kappa shape index (κ1) is 12.8. The molecule has 2 nitrogen and oxygen atoms in total. The van der Waals surface area contributed by atoms with Crippen molar-refractivity contribution in [1.29, 1.82) is 0 Å². The van der Waals surface area contributed by atoms with Crippen LogP contribution in [0.3, 0.4) is 0 Å². The summed E-state index contributed by atoms with van der Waals surface area (Å²) in [7, 11) is 0. The van der Waals surface area contributed by atoms with Gasteiger partial charge in [-0.15, -0.1) is 0 Å². The van der Waals surface area contributed by atoms with E-state index < -0.39 is 11.6 Å². The van der Waals surface area contributed by atoms with Gasteiger partial charge < -0.3 is 10.2 Å². The molecule has 2 N–H and O–H groups in total. The first-order valence-corrected chi connectivity index (χ1v) is 5.87. The smallest absolute Gasteiger partial charge is 0.129 e. The lowest BCUT2D eigenvalue weighted by Crippen LogP contribution is -2.24. The van der Waals surface area contributed by atoms with Gasteiger partial charge in [-0.1, -0.05) is 6.07 Å². The van der Waals surface area contributed by atoms with E-state index in [4.69, 9.17) is 10.2 Å². The van der Waals surface area contributed by atoms with Crippen LogP contribution in [0.15, 0.2) is 41.0 Å². The van der Waals surface area contributed by atoms with Crippen molar-refractivity contribution >= 4 is 0 Å². The molecule has 0 radical (unpaired) electrons. The molecule has 1 aromatic carbocycles. The molecular formula is C14H15F2NO. The van der Waals surface area contributed by atoms with E-state index in [1.165, 1.54) is 12.1 Å². The Balaban J connectivity index is 1.88. The Hall–Kier alpha value is -1.68. The maximum absolute atomic E-state index is 13.4. The average Bonchev–Trinajstić information content (AvgIpc) is 2.83. The van der Waals surface area contributed by atoms with Gasteiger partial charge in [-0.05, 0) is 36.6 Å². The van der Waals surface area contributed by atoms with E-state index in [2.05, 4.69) is 0 Å². The zero-order valence-electron chi connectivity index (χ0n) is 9.90. The van der Waals surface area contributed by atoms with Gasteiger partial charge in [0, 0.05) is 18.5 Å². The molecule has 1 aromatic heterocycles. The predicted octanol–water partition coefficient (Wildman–Crippen LogP) is 3.06. The normalized spacial score (nSPS) is 12.6. The highest BCUT2D eigenvalue weighted by Gasteiger charge is 2.10. The van der Waals surface area contributed by atoms with Crippen LogP contribution in [-0.2, 0) is 12.8 Å². The Morgan fingerprint density at radius 1 is 1.22 bits per heavy atom. The van der Waals surface area contributed by atoms with Gasteiger partial charge in [0.2, 0.25) is 0 Å². The van der Waals surface area contributed by atoms with Crippen LogP contribution in [0, 0.1) is 11.6 Å². The van der Waals surface area contributed by atoms with Crippen LogP contribution in [0.1, 0.15) is 17.7 Å². The van der Waals surface area contributed by atoms with E-state index in [0.717, 1.165) is 18.2 Å². The Labute approximate surface area is 104 Å². The van der Waals surface area contributed by atoms with Crippen LogP contribution in [0.4, 0.5) is 8.78 Å². The summed E-state index contributed by atoms with van der Waals surface area (Å²) in [6, 6.07) is 7.10. The number of rotatable bonds is 5. The predicted molar refractivity (Wildman–Crippen MR) is 65.1 cm³/mol. The summed E-state index contributed by atoms with van der Waals surface area (Å²) in [5, 5.41) is 0. The van der Waals surface area contributed by atoms with Crippen molar-refractivity contribution in [2.75, 3.05) is 0 Å². The lowest BCUT2D eigenvalue weighted by molar-refractivity contribution is 0.480. The van der Waals surface area contributed by atoms with Crippen LogP contribution in [0.5, 0.6) is 0 Å². The van der Waals surface area contributed by atoms with Gasteiger partial charge in [0.15, 0.2) is 0 Å². The van der Waals surface area contributed by atoms with Crippen molar-refractivity contribution in [3.63, 3.8) is 0 Å².